The van der Waals surface area contributed by atoms with Gasteiger partial charge in [0.2, 0.25) is 0 Å². The smallest absolute Gasteiger partial charge is 0.128 e. The zero-order chi connectivity index (χ0) is 12.4. The highest BCUT2D eigenvalue weighted by atomic mass is 35.5. The van der Waals surface area contributed by atoms with Gasteiger partial charge in [-0.3, -0.25) is 0 Å². The molecule has 0 fully saturated rings. The van der Waals surface area contributed by atoms with E-state index in [1.165, 1.54) is 0 Å². The zero-order valence-electron chi connectivity index (χ0n) is 10.1. The summed E-state index contributed by atoms with van der Waals surface area (Å²) in [7, 11) is 0. The van der Waals surface area contributed by atoms with Crippen molar-refractivity contribution in [3.8, 4) is 6.07 Å². The number of rotatable bonds is 3. The summed E-state index contributed by atoms with van der Waals surface area (Å²) in [5.74, 6) is 0. The van der Waals surface area contributed by atoms with Gasteiger partial charge in [-0.25, -0.2) is 0 Å². The molecule has 1 heterocycles. The van der Waals surface area contributed by atoms with Gasteiger partial charge in [-0.2, -0.15) is 5.26 Å². The molecule has 2 nitrogen and oxygen atoms in total. The van der Waals surface area contributed by atoms with Crippen LogP contribution in [0.2, 0.25) is 5.15 Å². The van der Waals surface area contributed by atoms with Gasteiger partial charge in [-0.1, -0.05) is 36.6 Å². The highest BCUT2D eigenvalue weighted by Crippen LogP contribution is 2.30. The molecular formula is C14H15ClN2. The standard InChI is InChI=1S/C14H15ClN2/c1-3-4-7-17-13-6-5-10(2)8-11(13)12(9-16)14(17)15/h5-6,8H,3-4,7H2,1-2H3. The van der Waals surface area contributed by atoms with Gasteiger partial charge in [0.25, 0.3) is 0 Å². The number of nitriles is 1. The number of benzene rings is 1. The third-order valence-electron chi connectivity index (χ3n) is 3.00. The van der Waals surface area contributed by atoms with E-state index in [0.717, 1.165) is 35.9 Å². The molecule has 0 spiro atoms. The second kappa shape index (κ2) is 4.81. The number of unbranched alkanes of at least 4 members (excludes halogenated alkanes) is 1. The molecule has 0 saturated heterocycles. The van der Waals surface area contributed by atoms with E-state index in [1.54, 1.807) is 0 Å². The lowest BCUT2D eigenvalue weighted by molar-refractivity contribution is 0.650. The number of hydrogen-bond donors (Lipinski definition) is 0. The Hall–Kier alpha value is -1.46. The van der Waals surface area contributed by atoms with Gasteiger partial charge in [0.15, 0.2) is 0 Å². The van der Waals surface area contributed by atoms with Gasteiger partial charge in [0, 0.05) is 11.9 Å². The average molecular weight is 247 g/mol. The van der Waals surface area contributed by atoms with E-state index < -0.39 is 0 Å². The number of hydrogen-bond acceptors (Lipinski definition) is 1. The first kappa shape index (κ1) is 12.0. The molecule has 2 rings (SSSR count). The first-order valence-electron chi connectivity index (χ1n) is 5.87. The van der Waals surface area contributed by atoms with E-state index in [2.05, 4.69) is 19.1 Å². The molecule has 88 valence electrons. The first-order valence-corrected chi connectivity index (χ1v) is 6.25. The topological polar surface area (TPSA) is 28.7 Å². The first-order chi connectivity index (χ1) is 8.19. The molecule has 0 aliphatic rings. The summed E-state index contributed by atoms with van der Waals surface area (Å²) in [6, 6.07) is 8.35. The summed E-state index contributed by atoms with van der Waals surface area (Å²) >= 11 is 6.28. The summed E-state index contributed by atoms with van der Waals surface area (Å²) in [5, 5.41) is 10.7. The molecule has 0 bridgehead atoms. The van der Waals surface area contributed by atoms with E-state index in [1.807, 2.05) is 23.6 Å². The lowest BCUT2D eigenvalue weighted by Gasteiger charge is -2.05. The maximum atomic E-state index is 9.20. The van der Waals surface area contributed by atoms with Gasteiger partial charge in [-0.05, 0) is 25.5 Å². The monoisotopic (exact) mass is 246 g/mol. The van der Waals surface area contributed by atoms with E-state index in [9.17, 15) is 5.26 Å². The van der Waals surface area contributed by atoms with Crippen molar-refractivity contribution >= 4 is 22.5 Å². The highest BCUT2D eigenvalue weighted by molar-refractivity contribution is 6.32. The van der Waals surface area contributed by atoms with Gasteiger partial charge < -0.3 is 4.57 Å². The van der Waals surface area contributed by atoms with Crippen LogP contribution in [0.15, 0.2) is 18.2 Å². The summed E-state index contributed by atoms with van der Waals surface area (Å²) < 4.78 is 2.04. The van der Waals surface area contributed by atoms with Crippen LogP contribution < -0.4 is 0 Å². The van der Waals surface area contributed by atoms with Crippen LogP contribution >= 0.6 is 11.6 Å². The van der Waals surface area contributed by atoms with Crippen molar-refractivity contribution in [2.24, 2.45) is 0 Å². The molecule has 0 aliphatic heterocycles. The Morgan fingerprint density at radius 2 is 2.18 bits per heavy atom. The molecule has 0 radical (unpaired) electrons. The Balaban J connectivity index is 2.67. The van der Waals surface area contributed by atoms with E-state index >= 15 is 0 Å². The Morgan fingerprint density at radius 3 is 2.82 bits per heavy atom. The van der Waals surface area contributed by atoms with E-state index in [4.69, 9.17) is 11.6 Å². The summed E-state index contributed by atoms with van der Waals surface area (Å²) in [6.07, 6.45) is 2.19. The molecule has 0 unspecified atom stereocenters. The van der Waals surface area contributed by atoms with Crippen molar-refractivity contribution in [1.29, 1.82) is 5.26 Å². The van der Waals surface area contributed by atoms with Crippen molar-refractivity contribution in [2.75, 3.05) is 0 Å². The minimum Gasteiger partial charge on any atom is -0.330 e. The third-order valence-corrected chi connectivity index (χ3v) is 3.40. The number of nitrogens with zero attached hydrogens (tertiary/aromatic N) is 2. The second-order valence-electron chi connectivity index (χ2n) is 4.30. The Morgan fingerprint density at radius 1 is 1.41 bits per heavy atom. The van der Waals surface area contributed by atoms with Crippen LogP contribution in [0, 0.1) is 18.3 Å². The van der Waals surface area contributed by atoms with E-state index in [0.29, 0.717) is 10.7 Å². The van der Waals surface area contributed by atoms with Crippen LogP contribution in [-0.4, -0.2) is 4.57 Å². The van der Waals surface area contributed by atoms with Crippen LogP contribution in [0.5, 0.6) is 0 Å². The molecule has 1 aromatic heterocycles. The van der Waals surface area contributed by atoms with Crippen LogP contribution in [0.3, 0.4) is 0 Å². The largest absolute Gasteiger partial charge is 0.330 e. The molecule has 2 aromatic rings. The number of fused-ring (bicyclic) bond motifs is 1. The summed E-state index contributed by atoms with van der Waals surface area (Å²) in [5.41, 5.74) is 2.81. The minimum absolute atomic E-state index is 0.571. The third kappa shape index (κ3) is 2.03. The van der Waals surface area contributed by atoms with Crippen molar-refractivity contribution in [3.05, 3.63) is 34.5 Å². The van der Waals surface area contributed by atoms with Gasteiger partial charge >= 0.3 is 0 Å². The van der Waals surface area contributed by atoms with Gasteiger partial charge in [-0.15, -0.1) is 0 Å². The predicted octanol–water partition coefficient (Wildman–Crippen LogP) is 4.27. The van der Waals surface area contributed by atoms with Crippen molar-refractivity contribution in [1.82, 2.24) is 4.57 Å². The van der Waals surface area contributed by atoms with Gasteiger partial charge in [0.05, 0.1) is 11.1 Å². The maximum absolute atomic E-state index is 9.20. The molecule has 0 saturated carbocycles. The summed E-state index contributed by atoms with van der Waals surface area (Å²) in [4.78, 5) is 0. The fraction of sp³-hybridized carbons (Fsp3) is 0.357. The van der Waals surface area contributed by atoms with Crippen LogP contribution in [0.25, 0.3) is 10.9 Å². The van der Waals surface area contributed by atoms with E-state index in [-0.39, 0.29) is 0 Å². The minimum atomic E-state index is 0.571. The van der Waals surface area contributed by atoms with Gasteiger partial charge in [0.1, 0.15) is 11.2 Å². The predicted molar refractivity (Wildman–Crippen MR) is 71.3 cm³/mol. The Kier molecular flexibility index (Phi) is 3.40. The number of aryl methyl sites for hydroxylation is 2. The van der Waals surface area contributed by atoms with Crippen LogP contribution in [-0.2, 0) is 6.54 Å². The molecular weight excluding hydrogens is 232 g/mol. The molecule has 0 amide bonds. The Labute approximate surface area is 106 Å². The molecule has 0 aliphatic carbocycles. The van der Waals surface area contributed by atoms with Crippen LogP contribution in [0.4, 0.5) is 0 Å². The normalized spacial score (nSPS) is 10.7. The van der Waals surface area contributed by atoms with Crippen molar-refractivity contribution in [2.45, 2.75) is 33.2 Å². The molecule has 17 heavy (non-hydrogen) atoms. The second-order valence-corrected chi connectivity index (χ2v) is 4.66. The molecule has 1 aromatic carbocycles. The number of halogens is 1. The lowest BCUT2D eigenvalue weighted by atomic mass is 10.1. The molecule has 3 heteroatoms. The quantitative estimate of drug-likeness (QED) is 0.795. The SMILES string of the molecule is CCCCn1c(Cl)c(C#N)c2cc(C)ccc21. The summed E-state index contributed by atoms with van der Waals surface area (Å²) in [6.45, 7) is 5.05. The lowest BCUT2D eigenvalue weighted by Crippen LogP contribution is -1.97. The molecule has 0 N–H and O–H groups in total. The van der Waals surface area contributed by atoms with Crippen molar-refractivity contribution in [3.63, 3.8) is 0 Å². The average Bonchev–Trinajstić information content (AvgIpc) is 2.57. The fourth-order valence-electron chi connectivity index (χ4n) is 2.08. The maximum Gasteiger partial charge on any atom is 0.128 e. The number of aromatic nitrogens is 1. The van der Waals surface area contributed by atoms with Crippen molar-refractivity contribution < 1.29 is 0 Å². The molecule has 0 atom stereocenters. The highest BCUT2D eigenvalue weighted by Gasteiger charge is 2.14. The zero-order valence-corrected chi connectivity index (χ0v) is 10.9. The van der Waals surface area contributed by atoms with Crippen LogP contribution in [0.1, 0.15) is 30.9 Å². The fourth-order valence-corrected chi connectivity index (χ4v) is 2.40. The Bertz CT molecular complexity index is 590.